The summed E-state index contributed by atoms with van der Waals surface area (Å²) in [6.07, 6.45) is 3.59. The minimum atomic E-state index is -3.60. The number of aromatic nitrogens is 1. The van der Waals surface area contributed by atoms with Crippen LogP contribution >= 0.6 is 0 Å². The number of benzene rings is 2. The zero-order valence-electron chi connectivity index (χ0n) is 17.2. The molecule has 31 heavy (non-hydrogen) atoms. The second-order valence-corrected chi connectivity index (χ2v) is 8.53. The Morgan fingerprint density at radius 1 is 1.03 bits per heavy atom. The molecule has 0 spiro atoms. The number of carbonyl (C=O) groups is 2. The molecule has 3 rings (SSSR count). The Morgan fingerprint density at radius 2 is 1.68 bits per heavy atom. The van der Waals surface area contributed by atoms with Gasteiger partial charge in [-0.1, -0.05) is 12.1 Å². The number of urea groups is 1. The van der Waals surface area contributed by atoms with E-state index in [4.69, 9.17) is 4.79 Å². The van der Waals surface area contributed by atoms with Gasteiger partial charge in [-0.25, -0.2) is 13.2 Å². The quantitative estimate of drug-likeness (QED) is 0.525. The maximum atomic E-state index is 12.8. The second kappa shape index (κ2) is 10.9. The fourth-order valence-corrected chi connectivity index (χ4v) is 3.94. The summed E-state index contributed by atoms with van der Waals surface area (Å²) in [5, 5.41) is 5.40. The van der Waals surface area contributed by atoms with Crippen molar-refractivity contribution in [3.63, 3.8) is 0 Å². The van der Waals surface area contributed by atoms with Gasteiger partial charge in [-0.05, 0) is 73.0 Å². The molecule has 9 heteroatoms. The molecule has 1 aromatic heterocycles. The van der Waals surface area contributed by atoms with E-state index in [0.717, 1.165) is 16.7 Å². The molecule has 0 aliphatic carbocycles. The molecule has 0 bridgehead atoms. The van der Waals surface area contributed by atoms with E-state index in [0.29, 0.717) is 12.2 Å². The number of primary amides is 1. The van der Waals surface area contributed by atoms with Gasteiger partial charge in [0.1, 0.15) is 0 Å². The Balaban J connectivity index is 0.00000107. The van der Waals surface area contributed by atoms with Crippen molar-refractivity contribution in [3.05, 3.63) is 83.7 Å². The normalized spacial score (nSPS) is 10.4. The zero-order valence-corrected chi connectivity index (χ0v) is 18.0. The smallest absolute Gasteiger partial charge is 0.319 e. The lowest BCUT2D eigenvalue weighted by atomic mass is 10.1. The van der Waals surface area contributed by atoms with Gasteiger partial charge in [-0.2, -0.15) is 0 Å². The minimum Gasteiger partial charge on any atom is -0.372 e. The number of amides is 3. The molecule has 0 unspecified atom stereocenters. The summed E-state index contributed by atoms with van der Waals surface area (Å²) in [5.74, 6) is 0. The van der Waals surface area contributed by atoms with Crippen LogP contribution in [0, 0.1) is 13.8 Å². The van der Waals surface area contributed by atoms with Gasteiger partial charge < -0.3 is 16.4 Å². The third-order valence-corrected chi connectivity index (χ3v) is 6.15. The molecule has 4 N–H and O–H groups in total. The lowest BCUT2D eigenvalue weighted by Gasteiger charge is -2.10. The predicted molar refractivity (Wildman–Crippen MR) is 118 cm³/mol. The molecule has 2 aromatic carbocycles. The summed E-state index contributed by atoms with van der Waals surface area (Å²) < 4.78 is 25.6. The molecule has 3 amide bonds. The van der Waals surface area contributed by atoms with Crippen LogP contribution in [0.5, 0.6) is 0 Å². The van der Waals surface area contributed by atoms with Gasteiger partial charge >= 0.3 is 6.03 Å². The molecule has 162 valence electrons. The number of nitrogens with two attached hydrogens (primary N) is 1. The van der Waals surface area contributed by atoms with Crippen molar-refractivity contribution in [2.24, 2.45) is 5.73 Å². The van der Waals surface area contributed by atoms with Crippen LogP contribution in [0.25, 0.3) is 0 Å². The highest BCUT2D eigenvalue weighted by Crippen LogP contribution is 2.24. The number of hydrogen-bond donors (Lipinski definition) is 3. The van der Waals surface area contributed by atoms with Crippen molar-refractivity contribution in [2.45, 2.75) is 30.2 Å². The van der Waals surface area contributed by atoms with E-state index in [1.54, 1.807) is 48.8 Å². The fraction of sp³-hybridized carbons (Fsp3) is 0.136. The zero-order chi connectivity index (χ0) is 22.9. The van der Waals surface area contributed by atoms with E-state index in [2.05, 4.69) is 21.4 Å². The van der Waals surface area contributed by atoms with Crippen LogP contribution in [-0.2, 0) is 21.2 Å². The summed E-state index contributed by atoms with van der Waals surface area (Å²) in [6, 6.07) is 14.5. The van der Waals surface area contributed by atoms with Crippen LogP contribution in [0.1, 0.15) is 16.7 Å². The van der Waals surface area contributed by atoms with Gasteiger partial charge in [0, 0.05) is 24.6 Å². The van der Waals surface area contributed by atoms with Crippen LogP contribution in [0.3, 0.4) is 0 Å². The van der Waals surface area contributed by atoms with Crippen molar-refractivity contribution in [1.82, 2.24) is 10.3 Å². The van der Waals surface area contributed by atoms with E-state index in [-0.39, 0.29) is 22.2 Å². The number of sulfone groups is 1. The van der Waals surface area contributed by atoms with Gasteiger partial charge in [0.05, 0.1) is 9.79 Å². The first-order chi connectivity index (χ1) is 14.8. The Kier molecular flexibility index (Phi) is 8.27. The first kappa shape index (κ1) is 23.6. The predicted octanol–water partition coefficient (Wildman–Crippen LogP) is 2.95. The van der Waals surface area contributed by atoms with E-state index in [9.17, 15) is 13.2 Å². The van der Waals surface area contributed by atoms with Crippen LogP contribution in [-0.4, -0.2) is 25.8 Å². The number of rotatable bonds is 5. The monoisotopic (exact) mass is 440 g/mol. The molecule has 0 atom stereocenters. The number of nitrogens with one attached hydrogen (secondary N) is 2. The fourth-order valence-electron chi connectivity index (χ4n) is 2.59. The SMILES string of the molecule is Cc1ccc(S(=O)(=O)c2ccc(NC(=O)NCc3cccnc3)cc2)cc1C.NC=O. The topological polar surface area (TPSA) is 131 Å². The first-order valence-electron chi connectivity index (χ1n) is 9.29. The van der Waals surface area contributed by atoms with E-state index >= 15 is 0 Å². The van der Waals surface area contributed by atoms with Crippen LogP contribution < -0.4 is 16.4 Å². The summed E-state index contributed by atoms with van der Waals surface area (Å²) in [7, 11) is -3.60. The third-order valence-electron chi connectivity index (χ3n) is 4.39. The lowest BCUT2D eigenvalue weighted by molar-refractivity contribution is -0.106. The van der Waals surface area contributed by atoms with Crippen LogP contribution in [0.15, 0.2) is 76.8 Å². The molecule has 8 nitrogen and oxygen atoms in total. The average molecular weight is 441 g/mol. The number of nitrogens with zero attached hydrogens (tertiary/aromatic N) is 1. The van der Waals surface area contributed by atoms with Crippen LogP contribution in [0.2, 0.25) is 0 Å². The summed E-state index contributed by atoms with van der Waals surface area (Å²) in [5.41, 5.74) is 7.51. The van der Waals surface area contributed by atoms with Gasteiger partial charge in [0.15, 0.2) is 0 Å². The van der Waals surface area contributed by atoms with Crippen molar-refractivity contribution < 1.29 is 18.0 Å². The molecule has 3 aromatic rings. The van der Waals surface area contributed by atoms with Crippen molar-refractivity contribution in [3.8, 4) is 0 Å². The van der Waals surface area contributed by atoms with Crippen molar-refractivity contribution in [2.75, 3.05) is 5.32 Å². The highest BCUT2D eigenvalue weighted by atomic mass is 32.2. The Bertz CT molecular complexity index is 1130. The van der Waals surface area contributed by atoms with Gasteiger partial charge in [-0.15, -0.1) is 0 Å². The molecular formula is C22H24N4O4S. The van der Waals surface area contributed by atoms with Crippen LogP contribution in [0.4, 0.5) is 10.5 Å². The molecule has 0 aliphatic heterocycles. The molecule has 0 saturated carbocycles. The van der Waals surface area contributed by atoms with E-state index < -0.39 is 9.84 Å². The molecular weight excluding hydrogens is 416 g/mol. The highest BCUT2D eigenvalue weighted by molar-refractivity contribution is 7.91. The molecule has 0 saturated heterocycles. The summed E-state index contributed by atoms with van der Waals surface area (Å²) in [4.78, 5) is 25.0. The standard InChI is InChI=1S/C21H21N3O3S.CH3NO/c1-15-5-8-20(12-16(15)2)28(26,27)19-9-6-18(7-10-19)24-21(25)23-14-17-4-3-11-22-13-17;2-1-3/h3-13H,14H2,1-2H3,(H2,23,24,25);1H,(H2,2,3). The maximum absolute atomic E-state index is 12.8. The number of anilines is 1. The first-order valence-corrected chi connectivity index (χ1v) is 10.8. The summed E-state index contributed by atoms with van der Waals surface area (Å²) in [6.45, 7) is 4.16. The Labute approximate surface area is 181 Å². The Hall–Kier alpha value is -3.72. The van der Waals surface area contributed by atoms with Gasteiger partial charge in [0.25, 0.3) is 0 Å². The largest absolute Gasteiger partial charge is 0.372 e. The minimum absolute atomic E-state index is 0.178. The molecule has 0 radical (unpaired) electrons. The number of aryl methyl sites for hydroxylation is 2. The highest BCUT2D eigenvalue weighted by Gasteiger charge is 2.18. The average Bonchev–Trinajstić information content (AvgIpc) is 2.76. The number of pyridine rings is 1. The lowest BCUT2D eigenvalue weighted by Crippen LogP contribution is -2.28. The number of carbonyl (C=O) groups excluding carboxylic acids is 2. The maximum Gasteiger partial charge on any atom is 0.319 e. The van der Waals surface area contributed by atoms with Gasteiger partial charge in [0.2, 0.25) is 16.2 Å². The van der Waals surface area contributed by atoms with Crippen molar-refractivity contribution >= 4 is 28.0 Å². The third kappa shape index (κ3) is 6.65. The summed E-state index contributed by atoms with van der Waals surface area (Å²) >= 11 is 0. The Morgan fingerprint density at radius 3 is 2.26 bits per heavy atom. The molecule has 1 heterocycles. The van der Waals surface area contributed by atoms with E-state index in [1.807, 2.05) is 19.9 Å². The second-order valence-electron chi connectivity index (χ2n) is 6.58. The van der Waals surface area contributed by atoms with Crippen molar-refractivity contribution in [1.29, 1.82) is 0 Å². The molecule has 0 aliphatic rings. The van der Waals surface area contributed by atoms with Gasteiger partial charge in [-0.3, -0.25) is 9.78 Å². The van der Waals surface area contributed by atoms with E-state index in [1.165, 1.54) is 12.1 Å². The molecule has 0 fully saturated rings. The number of hydrogen-bond acceptors (Lipinski definition) is 5.